The van der Waals surface area contributed by atoms with Crippen molar-refractivity contribution in [2.24, 2.45) is 0 Å². The summed E-state index contributed by atoms with van der Waals surface area (Å²) in [6.45, 7) is 16.5. The molecule has 0 bridgehead atoms. The number of amides is 1. The van der Waals surface area contributed by atoms with Crippen molar-refractivity contribution < 1.29 is 18.8 Å². The first-order valence-electron chi connectivity index (χ1n) is 8.82. The third-order valence-electron chi connectivity index (χ3n) is 4.94. The van der Waals surface area contributed by atoms with Gasteiger partial charge in [0.15, 0.2) is 0 Å². The topological polar surface area (TPSA) is 48.0 Å². The first-order chi connectivity index (χ1) is 11.4. The van der Waals surface area contributed by atoms with E-state index < -0.39 is 18.3 Å². The molecule has 5 nitrogen and oxygen atoms in total. The molecule has 0 spiro atoms. The average Bonchev–Trinajstić information content (AvgIpc) is 2.67. The summed E-state index contributed by atoms with van der Waals surface area (Å²) in [4.78, 5) is 14.2. The van der Waals surface area contributed by atoms with Gasteiger partial charge in [0.1, 0.15) is 5.75 Å². The maximum absolute atomic E-state index is 12.5. The van der Waals surface area contributed by atoms with Crippen LogP contribution in [0, 0.1) is 0 Å². The lowest BCUT2D eigenvalue weighted by atomic mass is 9.79. The number of benzene rings is 1. The van der Waals surface area contributed by atoms with E-state index in [0.29, 0.717) is 12.3 Å². The van der Waals surface area contributed by atoms with Crippen LogP contribution in [-0.4, -0.2) is 41.4 Å². The predicted molar refractivity (Wildman–Crippen MR) is 100 cm³/mol. The van der Waals surface area contributed by atoms with E-state index in [1.807, 2.05) is 67.5 Å². The Bertz CT molecular complexity index is 621. The lowest BCUT2D eigenvalue weighted by molar-refractivity contribution is 0.00578. The smallest absolute Gasteiger partial charge is 0.410 e. The minimum absolute atomic E-state index is 0.296. The van der Waals surface area contributed by atoms with E-state index in [9.17, 15) is 4.79 Å². The van der Waals surface area contributed by atoms with Crippen LogP contribution < -0.4 is 10.2 Å². The molecule has 1 aliphatic heterocycles. The SMILES string of the molecule is CCN(C(=O)Oc1cccc(B2OC(C)(C)C(C)(C)O2)c1)C(C)(C)C. The van der Waals surface area contributed by atoms with Crippen LogP contribution in [0.3, 0.4) is 0 Å². The first kappa shape index (κ1) is 19.8. The van der Waals surface area contributed by atoms with Gasteiger partial charge in [0, 0.05) is 12.1 Å². The molecule has 0 aromatic heterocycles. The molecule has 1 heterocycles. The number of hydrogen-bond acceptors (Lipinski definition) is 4. The van der Waals surface area contributed by atoms with Gasteiger partial charge in [-0.3, -0.25) is 0 Å². The second-order valence-corrected chi connectivity index (χ2v) is 8.44. The summed E-state index contributed by atoms with van der Waals surface area (Å²) >= 11 is 0. The van der Waals surface area contributed by atoms with E-state index in [-0.39, 0.29) is 11.6 Å². The van der Waals surface area contributed by atoms with Crippen LogP contribution in [-0.2, 0) is 9.31 Å². The molecule has 0 unspecified atom stereocenters. The summed E-state index contributed by atoms with van der Waals surface area (Å²) in [7, 11) is -0.478. The Balaban J connectivity index is 2.16. The molecule has 1 aromatic carbocycles. The predicted octanol–water partition coefficient (Wildman–Crippen LogP) is 3.61. The maximum Gasteiger partial charge on any atom is 0.494 e. The first-order valence-corrected chi connectivity index (χ1v) is 8.82. The van der Waals surface area contributed by atoms with Crippen molar-refractivity contribution in [1.29, 1.82) is 0 Å². The normalized spacial score (nSPS) is 19.0. The minimum atomic E-state index is -0.478. The number of carbonyl (C=O) groups is 1. The Hall–Kier alpha value is -1.53. The van der Waals surface area contributed by atoms with Crippen molar-refractivity contribution in [1.82, 2.24) is 4.90 Å². The van der Waals surface area contributed by atoms with Crippen LogP contribution >= 0.6 is 0 Å². The maximum atomic E-state index is 12.5. The molecule has 0 aliphatic carbocycles. The monoisotopic (exact) mass is 347 g/mol. The number of ether oxygens (including phenoxy) is 1. The summed E-state index contributed by atoms with van der Waals surface area (Å²) in [5.74, 6) is 0.486. The summed E-state index contributed by atoms with van der Waals surface area (Å²) in [6.07, 6.45) is -0.360. The van der Waals surface area contributed by atoms with Gasteiger partial charge in [-0.1, -0.05) is 12.1 Å². The van der Waals surface area contributed by atoms with Gasteiger partial charge < -0.3 is 18.9 Å². The van der Waals surface area contributed by atoms with Gasteiger partial charge in [-0.25, -0.2) is 4.79 Å². The van der Waals surface area contributed by atoms with Gasteiger partial charge in [0.2, 0.25) is 0 Å². The molecule has 0 saturated carbocycles. The highest BCUT2D eigenvalue weighted by Crippen LogP contribution is 2.36. The Morgan fingerprint density at radius 3 is 2.20 bits per heavy atom. The van der Waals surface area contributed by atoms with Gasteiger partial charge >= 0.3 is 13.2 Å². The van der Waals surface area contributed by atoms with Gasteiger partial charge in [0.05, 0.1) is 11.2 Å². The van der Waals surface area contributed by atoms with Crippen molar-refractivity contribution in [3.05, 3.63) is 24.3 Å². The standard InChI is InChI=1S/C19H30BNO4/c1-9-21(17(2,3)4)16(22)23-15-12-10-11-14(13-15)20-24-18(5,6)19(7,8)25-20/h10-13H,9H2,1-8H3. The van der Waals surface area contributed by atoms with E-state index in [4.69, 9.17) is 14.0 Å². The molecular weight excluding hydrogens is 317 g/mol. The van der Waals surface area contributed by atoms with Gasteiger partial charge in [-0.15, -0.1) is 0 Å². The highest BCUT2D eigenvalue weighted by atomic mass is 16.7. The van der Waals surface area contributed by atoms with Crippen LogP contribution in [0.2, 0.25) is 0 Å². The van der Waals surface area contributed by atoms with Crippen LogP contribution in [0.25, 0.3) is 0 Å². The van der Waals surface area contributed by atoms with E-state index in [1.54, 1.807) is 17.0 Å². The van der Waals surface area contributed by atoms with Crippen molar-refractivity contribution in [2.75, 3.05) is 6.54 Å². The summed E-state index contributed by atoms with van der Waals surface area (Å²) in [5.41, 5.74) is -0.275. The van der Waals surface area contributed by atoms with Crippen molar-refractivity contribution in [3.63, 3.8) is 0 Å². The second-order valence-electron chi connectivity index (χ2n) is 8.44. The average molecular weight is 347 g/mol. The number of hydrogen-bond donors (Lipinski definition) is 0. The Kier molecular flexibility index (Phi) is 5.27. The number of rotatable bonds is 3. The highest BCUT2D eigenvalue weighted by molar-refractivity contribution is 6.62. The third kappa shape index (κ3) is 4.18. The second kappa shape index (κ2) is 6.65. The van der Waals surface area contributed by atoms with E-state index in [0.717, 1.165) is 5.46 Å². The van der Waals surface area contributed by atoms with Crippen LogP contribution in [0.1, 0.15) is 55.4 Å². The Morgan fingerprint density at radius 2 is 1.72 bits per heavy atom. The molecule has 138 valence electrons. The third-order valence-corrected chi connectivity index (χ3v) is 4.94. The highest BCUT2D eigenvalue weighted by Gasteiger charge is 2.51. The fourth-order valence-electron chi connectivity index (χ4n) is 2.74. The van der Waals surface area contributed by atoms with Gasteiger partial charge in [-0.05, 0) is 73.0 Å². The molecule has 0 N–H and O–H groups in total. The van der Waals surface area contributed by atoms with Crippen LogP contribution in [0.15, 0.2) is 24.3 Å². The molecule has 1 saturated heterocycles. The molecule has 1 aromatic rings. The van der Waals surface area contributed by atoms with Crippen LogP contribution in [0.4, 0.5) is 4.79 Å². The summed E-state index contributed by atoms with van der Waals surface area (Å²) < 4.78 is 17.7. The van der Waals surface area contributed by atoms with Crippen molar-refractivity contribution in [2.45, 2.75) is 72.1 Å². The van der Waals surface area contributed by atoms with E-state index in [1.165, 1.54) is 0 Å². The minimum Gasteiger partial charge on any atom is -0.410 e. The Morgan fingerprint density at radius 1 is 1.16 bits per heavy atom. The quantitative estimate of drug-likeness (QED) is 0.784. The van der Waals surface area contributed by atoms with E-state index in [2.05, 4.69) is 0 Å². The number of carbonyl (C=O) groups excluding carboxylic acids is 1. The Labute approximate surface area is 151 Å². The molecule has 1 aliphatic rings. The molecular formula is C19H30BNO4. The molecule has 6 heteroatoms. The molecule has 1 fully saturated rings. The number of nitrogens with zero attached hydrogens (tertiary/aromatic N) is 1. The zero-order chi connectivity index (χ0) is 19.0. The lowest BCUT2D eigenvalue weighted by Crippen LogP contribution is -2.46. The lowest BCUT2D eigenvalue weighted by Gasteiger charge is -2.33. The molecule has 0 radical (unpaired) electrons. The fraction of sp³-hybridized carbons (Fsp3) is 0.632. The molecule has 1 amide bonds. The molecule has 2 rings (SSSR count). The van der Waals surface area contributed by atoms with Crippen molar-refractivity contribution >= 4 is 18.7 Å². The summed E-state index contributed by atoms with van der Waals surface area (Å²) in [5, 5.41) is 0. The summed E-state index contributed by atoms with van der Waals surface area (Å²) in [6, 6.07) is 7.33. The van der Waals surface area contributed by atoms with Crippen molar-refractivity contribution in [3.8, 4) is 5.75 Å². The van der Waals surface area contributed by atoms with Gasteiger partial charge in [-0.2, -0.15) is 0 Å². The zero-order valence-corrected chi connectivity index (χ0v) is 16.7. The van der Waals surface area contributed by atoms with E-state index >= 15 is 0 Å². The molecule has 0 atom stereocenters. The fourth-order valence-corrected chi connectivity index (χ4v) is 2.74. The molecule has 25 heavy (non-hydrogen) atoms. The zero-order valence-electron chi connectivity index (χ0n) is 16.7. The largest absolute Gasteiger partial charge is 0.494 e. The van der Waals surface area contributed by atoms with Crippen LogP contribution in [0.5, 0.6) is 5.75 Å². The van der Waals surface area contributed by atoms with Gasteiger partial charge in [0.25, 0.3) is 0 Å².